The van der Waals surface area contributed by atoms with Gasteiger partial charge in [-0.25, -0.2) is 0 Å². The number of non-ortho nitro benzene ring substituents is 2. The highest BCUT2D eigenvalue weighted by molar-refractivity contribution is 7.99. The summed E-state index contributed by atoms with van der Waals surface area (Å²) < 4.78 is 52.2. The van der Waals surface area contributed by atoms with E-state index in [1.54, 1.807) is 0 Å². The van der Waals surface area contributed by atoms with Crippen LogP contribution in [0.25, 0.3) is 0 Å². The van der Waals surface area contributed by atoms with E-state index in [0.717, 1.165) is 48.5 Å². The molecule has 0 fully saturated rings. The average Bonchev–Trinajstić information content (AvgIpc) is 2.54. The average molecular weight is 388 g/mol. The molecule has 0 unspecified atom stereocenters. The first-order valence-corrected chi connectivity index (χ1v) is 9.04. The molecule has 0 spiro atoms. The Kier molecular flexibility index (Phi) is 4.82. The minimum absolute atomic E-state index is 0.392. The molecule has 2 aromatic carbocycles. The van der Waals surface area contributed by atoms with E-state index >= 15 is 0 Å². The van der Waals surface area contributed by atoms with Crippen molar-refractivity contribution in [3.05, 3.63) is 68.8 Å². The molecule has 0 radical (unpaired) electrons. The van der Waals surface area contributed by atoms with E-state index in [1.807, 2.05) is 0 Å². The minimum atomic E-state index is -4.78. The molecule has 0 N–H and O–H groups in total. The fraction of sp³-hybridized carbons (Fsp3) is 0. The lowest BCUT2D eigenvalue weighted by Gasteiger charge is -2.06. The molecule has 0 heterocycles. The van der Waals surface area contributed by atoms with Crippen molar-refractivity contribution in [3.63, 3.8) is 0 Å². The summed E-state index contributed by atoms with van der Waals surface area (Å²) >= 11 is 0. The molecule has 13 heteroatoms. The zero-order chi connectivity index (χ0) is 18.8. The molecule has 0 aliphatic carbocycles. The molecular weight excluding hydrogens is 380 g/mol. The molecule has 0 aliphatic rings. The Bertz CT molecular complexity index is 941. The lowest BCUT2D eigenvalue weighted by Crippen LogP contribution is -2.14. The van der Waals surface area contributed by atoms with Gasteiger partial charge in [0, 0.05) is 24.3 Å². The van der Waals surface area contributed by atoms with E-state index in [2.05, 4.69) is 3.63 Å². The number of nitrogens with zero attached hydrogens (tertiary/aromatic N) is 2. The maximum Gasteiger partial charge on any atom is 0.311 e. The number of nitro groups is 2. The summed E-state index contributed by atoms with van der Waals surface area (Å²) in [7, 11) is -9.56. The number of nitro benzene ring substituents is 2. The van der Waals surface area contributed by atoms with Crippen LogP contribution in [-0.4, -0.2) is 26.7 Å². The van der Waals surface area contributed by atoms with Crippen molar-refractivity contribution in [1.82, 2.24) is 0 Å². The Labute approximate surface area is 141 Å². The Morgan fingerprint density at radius 2 is 0.920 bits per heavy atom. The van der Waals surface area contributed by atoms with E-state index < -0.39 is 51.2 Å². The molecule has 11 nitrogen and oxygen atoms in total. The third kappa shape index (κ3) is 4.14. The maximum absolute atomic E-state index is 12.0. The van der Waals surface area contributed by atoms with Gasteiger partial charge in [-0.3, -0.25) is 20.2 Å². The van der Waals surface area contributed by atoms with Gasteiger partial charge in [0.2, 0.25) is 0 Å². The highest BCUT2D eigenvalue weighted by Gasteiger charge is 2.27. The smallest absolute Gasteiger partial charge is 0.258 e. The van der Waals surface area contributed by atoms with E-state index in [0.29, 0.717) is 0 Å². The first kappa shape index (κ1) is 18.4. The van der Waals surface area contributed by atoms with Crippen molar-refractivity contribution in [2.24, 2.45) is 0 Å². The summed E-state index contributed by atoms with van der Waals surface area (Å²) in [4.78, 5) is 18.3. The van der Waals surface area contributed by atoms with Crippen LogP contribution in [0.1, 0.15) is 0 Å². The van der Waals surface area contributed by atoms with Gasteiger partial charge in [0.05, 0.1) is 19.6 Å². The van der Waals surface area contributed by atoms with Crippen LogP contribution in [0.2, 0.25) is 0 Å². The molecule has 132 valence electrons. The molecule has 2 aromatic rings. The first-order valence-electron chi connectivity index (χ1n) is 6.23. The minimum Gasteiger partial charge on any atom is -0.258 e. The maximum atomic E-state index is 12.0. The molecule has 0 aliphatic heterocycles. The Hall–Kier alpha value is -2.90. The summed E-state index contributed by atoms with van der Waals surface area (Å²) in [6, 6.07) is 6.75. The standard InChI is InChI=1S/C12H8N2O9S2/c15-13(16)9-1-5-11(6-2-9)24(19,20)23-25(21,22)12-7-3-10(4-8-12)14(17)18/h1-8H. The van der Waals surface area contributed by atoms with Crippen LogP contribution in [0.4, 0.5) is 11.4 Å². The second-order valence-corrected chi connectivity index (χ2v) is 7.78. The molecule has 25 heavy (non-hydrogen) atoms. The zero-order valence-electron chi connectivity index (χ0n) is 12.0. The zero-order valence-corrected chi connectivity index (χ0v) is 13.6. The number of benzene rings is 2. The predicted molar refractivity (Wildman–Crippen MR) is 81.6 cm³/mol. The fourth-order valence-electron chi connectivity index (χ4n) is 1.67. The van der Waals surface area contributed by atoms with Crippen LogP contribution < -0.4 is 0 Å². The Morgan fingerprint density at radius 3 is 1.16 bits per heavy atom. The molecule has 0 saturated carbocycles. The second-order valence-electron chi connectivity index (χ2n) is 4.48. The van der Waals surface area contributed by atoms with Gasteiger partial charge in [-0.2, -0.15) is 16.8 Å². The van der Waals surface area contributed by atoms with Crippen LogP contribution in [0.15, 0.2) is 58.3 Å². The van der Waals surface area contributed by atoms with Gasteiger partial charge < -0.3 is 0 Å². The van der Waals surface area contributed by atoms with Crippen molar-refractivity contribution in [3.8, 4) is 0 Å². The van der Waals surface area contributed by atoms with E-state index in [4.69, 9.17) is 0 Å². The quantitative estimate of drug-likeness (QED) is 0.528. The van der Waals surface area contributed by atoms with Gasteiger partial charge in [-0.1, -0.05) is 0 Å². The van der Waals surface area contributed by atoms with Gasteiger partial charge in [0.25, 0.3) is 11.4 Å². The molecular formula is C12H8N2O9S2. The largest absolute Gasteiger partial charge is 0.311 e. The van der Waals surface area contributed by atoms with Gasteiger partial charge in [-0.15, -0.1) is 3.63 Å². The van der Waals surface area contributed by atoms with Crippen molar-refractivity contribution in [2.45, 2.75) is 9.79 Å². The van der Waals surface area contributed by atoms with Crippen molar-refractivity contribution in [2.75, 3.05) is 0 Å². The van der Waals surface area contributed by atoms with Gasteiger partial charge in [0.1, 0.15) is 0 Å². The van der Waals surface area contributed by atoms with Crippen LogP contribution in [0.5, 0.6) is 0 Å². The second kappa shape index (κ2) is 6.54. The summed E-state index contributed by atoms with van der Waals surface area (Å²) in [5.41, 5.74) is -0.783. The van der Waals surface area contributed by atoms with Gasteiger partial charge in [0.15, 0.2) is 0 Å². The highest BCUT2D eigenvalue weighted by Crippen LogP contribution is 2.23. The molecule has 0 atom stereocenters. The Balaban J connectivity index is 2.31. The number of hydrogen-bond donors (Lipinski definition) is 0. The summed E-state index contributed by atoms with van der Waals surface area (Å²) in [6.07, 6.45) is 0. The summed E-state index contributed by atoms with van der Waals surface area (Å²) in [5, 5.41) is 21.1. The topological polar surface area (TPSA) is 164 Å². The van der Waals surface area contributed by atoms with Crippen molar-refractivity contribution in [1.29, 1.82) is 0 Å². The Morgan fingerprint density at radius 1 is 0.640 bits per heavy atom. The number of rotatable bonds is 6. The summed E-state index contributed by atoms with van der Waals surface area (Å²) in [5.74, 6) is 0. The monoisotopic (exact) mass is 388 g/mol. The number of hydrogen-bond acceptors (Lipinski definition) is 9. The molecule has 0 saturated heterocycles. The van der Waals surface area contributed by atoms with Crippen molar-refractivity contribution >= 4 is 31.6 Å². The lowest BCUT2D eigenvalue weighted by molar-refractivity contribution is -0.385. The molecule has 2 rings (SSSR count). The fourth-order valence-corrected chi connectivity index (χ4v) is 4.18. The van der Waals surface area contributed by atoms with E-state index in [-0.39, 0.29) is 0 Å². The first-order chi connectivity index (χ1) is 11.5. The SMILES string of the molecule is O=[N+]([O-])c1ccc(S(=O)(=O)OS(=O)(=O)c2ccc([N+](=O)[O-])cc2)cc1. The van der Waals surface area contributed by atoms with Gasteiger partial charge >= 0.3 is 20.2 Å². The van der Waals surface area contributed by atoms with Crippen LogP contribution in [-0.2, 0) is 23.9 Å². The van der Waals surface area contributed by atoms with Gasteiger partial charge in [-0.05, 0) is 24.3 Å². The van der Waals surface area contributed by atoms with E-state index in [1.165, 1.54) is 0 Å². The predicted octanol–water partition coefficient (Wildman–Crippen LogP) is 1.60. The van der Waals surface area contributed by atoms with E-state index in [9.17, 15) is 37.1 Å². The third-order valence-electron chi connectivity index (χ3n) is 2.85. The van der Waals surface area contributed by atoms with Crippen LogP contribution in [0, 0.1) is 20.2 Å². The lowest BCUT2D eigenvalue weighted by atomic mass is 10.3. The molecule has 0 amide bonds. The molecule has 0 aromatic heterocycles. The van der Waals surface area contributed by atoms with Crippen molar-refractivity contribution < 1.29 is 30.3 Å². The van der Waals surface area contributed by atoms with Crippen LogP contribution >= 0.6 is 0 Å². The highest BCUT2D eigenvalue weighted by atomic mass is 32.3. The normalized spacial score (nSPS) is 11.8. The third-order valence-corrected chi connectivity index (χ3v) is 5.98. The molecule has 0 bridgehead atoms. The summed E-state index contributed by atoms with van der Waals surface area (Å²) in [6.45, 7) is 0. The van der Waals surface area contributed by atoms with Crippen LogP contribution in [0.3, 0.4) is 0 Å².